The van der Waals surface area contributed by atoms with Crippen molar-refractivity contribution in [2.24, 2.45) is 0 Å². The molecule has 0 aliphatic rings. The Labute approximate surface area is 80.6 Å². The minimum atomic E-state index is -0.330. The molecule has 0 saturated carbocycles. The van der Waals surface area contributed by atoms with Gasteiger partial charge in [-0.15, -0.1) is 0 Å². The summed E-state index contributed by atoms with van der Waals surface area (Å²) in [7, 11) is 0. The first-order valence-electron chi connectivity index (χ1n) is 4.25. The van der Waals surface area contributed by atoms with E-state index in [1.165, 1.54) is 6.08 Å². The zero-order valence-corrected chi connectivity index (χ0v) is 8.29. The van der Waals surface area contributed by atoms with Crippen LogP contribution in [0.25, 0.3) is 0 Å². The number of carbonyl (C=O) groups is 1. The maximum absolute atomic E-state index is 10.3. The highest BCUT2D eigenvalue weighted by molar-refractivity contribution is 5.81. The Morgan fingerprint density at radius 1 is 1.31 bits per heavy atom. The number of hydrogen-bond acceptors (Lipinski definition) is 2. The van der Waals surface area contributed by atoms with Crippen molar-refractivity contribution in [3.05, 3.63) is 38.0 Å². The van der Waals surface area contributed by atoms with Crippen molar-refractivity contribution in [3.63, 3.8) is 0 Å². The number of esters is 1. The van der Waals surface area contributed by atoms with Crippen LogP contribution < -0.4 is 0 Å². The van der Waals surface area contributed by atoms with Crippen molar-refractivity contribution in [2.45, 2.75) is 19.8 Å². The molecule has 0 heterocycles. The molecule has 0 aromatic heterocycles. The number of hydrogen-bond donors (Lipinski definition) is 0. The first-order valence-corrected chi connectivity index (χ1v) is 4.25. The molecule has 0 aliphatic carbocycles. The topological polar surface area (TPSA) is 26.3 Å². The van der Waals surface area contributed by atoms with E-state index in [0.29, 0.717) is 6.61 Å². The van der Waals surface area contributed by atoms with E-state index in [0.717, 1.165) is 12.8 Å². The van der Waals surface area contributed by atoms with Gasteiger partial charge in [-0.1, -0.05) is 45.2 Å². The van der Waals surface area contributed by atoms with E-state index in [1.807, 2.05) is 6.92 Å². The summed E-state index contributed by atoms with van der Waals surface area (Å²) >= 11 is 0. The van der Waals surface area contributed by atoms with Gasteiger partial charge in [0.25, 0.3) is 0 Å². The monoisotopic (exact) mass is 182 g/mol. The average Bonchev–Trinajstić information content (AvgIpc) is 2.18. The zero-order valence-electron chi connectivity index (χ0n) is 8.29. The normalized spacial score (nSPS) is 7.46. The molecule has 2 heteroatoms. The number of ether oxygens (including phenoxy) is 1. The van der Waals surface area contributed by atoms with Gasteiger partial charge in [0, 0.05) is 6.08 Å². The lowest BCUT2D eigenvalue weighted by Gasteiger charge is -1.97. The largest absolute Gasteiger partial charge is 0.463 e. The minimum Gasteiger partial charge on any atom is -0.463 e. The van der Waals surface area contributed by atoms with Crippen LogP contribution in [0.15, 0.2) is 38.0 Å². The van der Waals surface area contributed by atoms with Crippen LogP contribution in [0.1, 0.15) is 19.8 Å². The Bertz CT molecular complexity index is 153. The minimum absolute atomic E-state index is 0.330. The highest BCUT2D eigenvalue weighted by Crippen LogP contribution is 1.88. The molecule has 0 bridgehead atoms. The van der Waals surface area contributed by atoms with Gasteiger partial charge in [0.05, 0.1) is 6.61 Å². The average molecular weight is 182 g/mol. The van der Waals surface area contributed by atoms with E-state index in [1.54, 1.807) is 12.2 Å². The van der Waals surface area contributed by atoms with Gasteiger partial charge >= 0.3 is 5.97 Å². The highest BCUT2D eigenvalue weighted by Gasteiger charge is 1.91. The molecule has 0 aliphatic heterocycles. The smallest absolute Gasteiger partial charge is 0.330 e. The summed E-state index contributed by atoms with van der Waals surface area (Å²) in [6.45, 7) is 12.5. The number of allylic oxidation sites excluding steroid dienone is 2. The van der Waals surface area contributed by atoms with Gasteiger partial charge in [0.15, 0.2) is 0 Å². The molecule has 2 nitrogen and oxygen atoms in total. The van der Waals surface area contributed by atoms with Crippen molar-refractivity contribution in [1.29, 1.82) is 0 Å². The fourth-order valence-electron chi connectivity index (χ4n) is 0.376. The Kier molecular flexibility index (Phi) is 14.5. The van der Waals surface area contributed by atoms with E-state index in [-0.39, 0.29) is 5.97 Å². The van der Waals surface area contributed by atoms with Gasteiger partial charge in [-0.3, -0.25) is 0 Å². The molecule has 0 aromatic rings. The summed E-state index contributed by atoms with van der Waals surface area (Å²) < 4.78 is 4.67. The van der Waals surface area contributed by atoms with Crippen molar-refractivity contribution in [2.75, 3.05) is 6.61 Å². The molecule has 0 unspecified atom stereocenters. The van der Waals surface area contributed by atoms with E-state index in [9.17, 15) is 4.79 Å². The fourth-order valence-corrected chi connectivity index (χ4v) is 0.376. The van der Waals surface area contributed by atoms with Gasteiger partial charge in [-0.25, -0.2) is 4.79 Å². The van der Waals surface area contributed by atoms with Crippen LogP contribution in [-0.2, 0) is 9.53 Å². The van der Waals surface area contributed by atoms with Crippen LogP contribution in [0.3, 0.4) is 0 Å². The maximum Gasteiger partial charge on any atom is 0.330 e. The second-order valence-electron chi connectivity index (χ2n) is 2.20. The first kappa shape index (κ1) is 14.2. The predicted octanol–water partition coefficient (Wildman–Crippen LogP) is 2.87. The summed E-state index contributed by atoms with van der Waals surface area (Å²) in [4.78, 5) is 10.3. The molecule has 0 radical (unpaired) electrons. The Morgan fingerprint density at radius 2 is 1.85 bits per heavy atom. The molecule has 0 aromatic carbocycles. The van der Waals surface area contributed by atoms with Gasteiger partial charge in [-0.05, 0) is 6.42 Å². The second kappa shape index (κ2) is 13.3. The molecule has 0 amide bonds. The van der Waals surface area contributed by atoms with Gasteiger partial charge in [-0.2, -0.15) is 0 Å². The van der Waals surface area contributed by atoms with E-state index in [4.69, 9.17) is 0 Å². The molecule has 13 heavy (non-hydrogen) atoms. The molecule has 74 valence electrons. The van der Waals surface area contributed by atoms with Gasteiger partial charge < -0.3 is 4.74 Å². The molecular formula is C11H18O2. The second-order valence-corrected chi connectivity index (χ2v) is 2.20. The van der Waals surface area contributed by atoms with Crippen LogP contribution >= 0.6 is 0 Å². The van der Waals surface area contributed by atoms with Crippen LogP contribution in [0, 0.1) is 0 Å². The van der Waals surface area contributed by atoms with E-state index < -0.39 is 0 Å². The predicted molar refractivity (Wildman–Crippen MR) is 56.5 cm³/mol. The summed E-state index contributed by atoms with van der Waals surface area (Å²) in [5, 5.41) is 0. The van der Waals surface area contributed by atoms with Crippen LogP contribution in [-0.4, -0.2) is 12.6 Å². The van der Waals surface area contributed by atoms with Crippen LogP contribution in [0.5, 0.6) is 0 Å². The van der Waals surface area contributed by atoms with Gasteiger partial charge in [0.2, 0.25) is 0 Å². The SMILES string of the molecule is C=CC(=O)OCCCC.C=CC=C. The third kappa shape index (κ3) is 18.0. The van der Waals surface area contributed by atoms with Crippen molar-refractivity contribution >= 4 is 5.97 Å². The van der Waals surface area contributed by atoms with E-state index in [2.05, 4.69) is 24.5 Å². The number of unbranched alkanes of at least 4 members (excludes halogenated alkanes) is 1. The number of carbonyl (C=O) groups excluding carboxylic acids is 1. The van der Waals surface area contributed by atoms with Crippen molar-refractivity contribution < 1.29 is 9.53 Å². The third-order valence-corrected chi connectivity index (χ3v) is 1.08. The Hall–Kier alpha value is -1.31. The van der Waals surface area contributed by atoms with E-state index >= 15 is 0 Å². The standard InChI is InChI=1S/C7H12O2.C4H6/c1-3-5-6-9-7(8)4-2;1-3-4-2/h4H,2-3,5-6H2,1H3;3-4H,1-2H2. The lowest BCUT2D eigenvalue weighted by molar-refractivity contribution is -0.137. The van der Waals surface area contributed by atoms with Gasteiger partial charge in [0.1, 0.15) is 0 Å². The molecule has 0 spiro atoms. The lowest BCUT2D eigenvalue weighted by atomic mass is 10.4. The molecule has 0 saturated heterocycles. The molecular weight excluding hydrogens is 164 g/mol. The Balaban J connectivity index is 0. The fraction of sp³-hybridized carbons (Fsp3) is 0.364. The van der Waals surface area contributed by atoms with Crippen molar-refractivity contribution in [3.8, 4) is 0 Å². The zero-order chi connectivity index (χ0) is 10.5. The first-order chi connectivity index (χ1) is 6.22. The molecule has 0 atom stereocenters. The number of rotatable bonds is 5. The lowest BCUT2D eigenvalue weighted by Crippen LogP contribution is -2.00. The third-order valence-electron chi connectivity index (χ3n) is 1.08. The Morgan fingerprint density at radius 3 is 2.15 bits per heavy atom. The highest BCUT2D eigenvalue weighted by atomic mass is 16.5. The summed E-state index contributed by atoms with van der Waals surface area (Å²) in [5.74, 6) is -0.330. The quantitative estimate of drug-likeness (QED) is 0.283. The molecule has 0 fully saturated rings. The van der Waals surface area contributed by atoms with Crippen molar-refractivity contribution in [1.82, 2.24) is 0 Å². The summed E-state index contributed by atoms with van der Waals surface area (Å²) in [6.07, 6.45) is 6.43. The summed E-state index contributed by atoms with van der Waals surface area (Å²) in [6, 6.07) is 0. The van der Waals surface area contributed by atoms with Crippen LogP contribution in [0.4, 0.5) is 0 Å². The molecule has 0 rings (SSSR count). The van der Waals surface area contributed by atoms with Crippen LogP contribution in [0.2, 0.25) is 0 Å². The molecule has 0 N–H and O–H groups in total. The maximum atomic E-state index is 10.3. The summed E-state index contributed by atoms with van der Waals surface area (Å²) in [5.41, 5.74) is 0.